The number of nitrogens with zero attached hydrogens (tertiary/aromatic N) is 6. The molecule has 7 heteroatoms. The molecule has 0 N–H and O–H groups in total. The summed E-state index contributed by atoms with van der Waals surface area (Å²) in [5, 5.41) is 8.89. The van der Waals surface area contributed by atoms with Gasteiger partial charge in [-0.1, -0.05) is 6.07 Å². The maximum atomic E-state index is 5.39. The fraction of sp³-hybridized carbons (Fsp3) is 0.526. The van der Waals surface area contributed by atoms with Gasteiger partial charge in [0.1, 0.15) is 0 Å². The van der Waals surface area contributed by atoms with Gasteiger partial charge in [-0.05, 0) is 30.7 Å². The zero-order valence-corrected chi connectivity index (χ0v) is 15.3. The van der Waals surface area contributed by atoms with Crippen molar-refractivity contribution in [2.45, 2.75) is 13.5 Å². The van der Waals surface area contributed by atoms with Gasteiger partial charge in [0.05, 0.1) is 18.9 Å². The zero-order valence-electron chi connectivity index (χ0n) is 15.3. The third kappa shape index (κ3) is 3.94. The Morgan fingerprint density at radius 2 is 1.54 bits per heavy atom. The monoisotopic (exact) mass is 354 g/mol. The van der Waals surface area contributed by atoms with Crippen molar-refractivity contribution >= 4 is 11.6 Å². The van der Waals surface area contributed by atoms with Crippen molar-refractivity contribution in [1.29, 1.82) is 0 Å². The molecular formula is C19H26N6O. The van der Waals surface area contributed by atoms with E-state index in [1.807, 2.05) is 12.3 Å². The predicted molar refractivity (Wildman–Crippen MR) is 102 cm³/mol. The Bertz CT molecular complexity index is 708. The van der Waals surface area contributed by atoms with Crippen molar-refractivity contribution < 1.29 is 4.74 Å². The molecule has 138 valence electrons. The van der Waals surface area contributed by atoms with Gasteiger partial charge in [-0.25, -0.2) is 0 Å². The third-order valence-corrected chi connectivity index (χ3v) is 5.16. The number of rotatable bonds is 4. The molecule has 0 radical (unpaired) electrons. The molecule has 26 heavy (non-hydrogen) atoms. The molecule has 0 aromatic carbocycles. The van der Waals surface area contributed by atoms with Crippen LogP contribution < -0.4 is 9.80 Å². The van der Waals surface area contributed by atoms with Crippen LogP contribution in [0.15, 0.2) is 30.5 Å². The largest absolute Gasteiger partial charge is 0.378 e. The average molecular weight is 354 g/mol. The molecule has 0 saturated carbocycles. The van der Waals surface area contributed by atoms with Crippen LogP contribution in [-0.2, 0) is 11.3 Å². The molecule has 2 aliphatic heterocycles. The Kier molecular flexibility index (Phi) is 5.26. The maximum Gasteiger partial charge on any atom is 0.151 e. The first-order valence-corrected chi connectivity index (χ1v) is 9.34. The lowest BCUT2D eigenvalue weighted by Crippen LogP contribution is -2.46. The molecule has 2 fully saturated rings. The number of hydrogen-bond donors (Lipinski definition) is 0. The minimum Gasteiger partial charge on any atom is -0.378 e. The summed E-state index contributed by atoms with van der Waals surface area (Å²) in [6, 6.07) is 8.30. The number of aryl methyl sites for hydroxylation is 1. The summed E-state index contributed by atoms with van der Waals surface area (Å²) < 4.78 is 5.39. The molecule has 7 nitrogen and oxygen atoms in total. The molecule has 0 spiro atoms. The Morgan fingerprint density at radius 3 is 2.15 bits per heavy atom. The van der Waals surface area contributed by atoms with E-state index < -0.39 is 0 Å². The maximum absolute atomic E-state index is 5.39. The molecule has 2 aromatic rings. The minimum absolute atomic E-state index is 0.765. The van der Waals surface area contributed by atoms with Crippen LogP contribution in [0, 0.1) is 6.92 Å². The summed E-state index contributed by atoms with van der Waals surface area (Å²) >= 11 is 0. The van der Waals surface area contributed by atoms with E-state index >= 15 is 0 Å². The first kappa shape index (κ1) is 17.2. The van der Waals surface area contributed by atoms with Gasteiger partial charge in [-0.3, -0.25) is 9.88 Å². The van der Waals surface area contributed by atoms with Gasteiger partial charge >= 0.3 is 0 Å². The summed E-state index contributed by atoms with van der Waals surface area (Å²) in [4.78, 5) is 11.5. The van der Waals surface area contributed by atoms with E-state index in [2.05, 4.69) is 55.0 Å². The van der Waals surface area contributed by atoms with E-state index in [0.717, 1.165) is 70.7 Å². The van der Waals surface area contributed by atoms with Gasteiger partial charge in [0.15, 0.2) is 11.6 Å². The van der Waals surface area contributed by atoms with Crippen molar-refractivity contribution in [3.8, 4) is 0 Å². The van der Waals surface area contributed by atoms with Crippen molar-refractivity contribution in [3.05, 3.63) is 41.7 Å². The Hall–Kier alpha value is -2.25. The van der Waals surface area contributed by atoms with Crippen LogP contribution in [0.25, 0.3) is 0 Å². The summed E-state index contributed by atoms with van der Waals surface area (Å²) in [5.74, 6) is 1.91. The topological polar surface area (TPSA) is 57.6 Å². The van der Waals surface area contributed by atoms with Crippen LogP contribution in [0.3, 0.4) is 0 Å². The van der Waals surface area contributed by atoms with Gasteiger partial charge in [-0.2, -0.15) is 0 Å². The van der Waals surface area contributed by atoms with Crippen molar-refractivity contribution in [3.63, 3.8) is 0 Å². The smallest absolute Gasteiger partial charge is 0.151 e. The Labute approximate surface area is 154 Å². The number of anilines is 2. The fourth-order valence-corrected chi connectivity index (χ4v) is 3.48. The Balaban J connectivity index is 1.32. The quantitative estimate of drug-likeness (QED) is 0.821. The highest BCUT2D eigenvalue weighted by atomic mass is 16.5. The number of pyridine rings is 1. The SMILES string of the molecule is Cc1cccnc1CN1CCN(c2ccc(N3CCOCC3)nn2)CC1. The molecule has 2 aliphatic rings. The first-order valence-electron chi connectivity index (χ1n) is 9.34. The highest BCUT2D eigenvalue weighted by Crippen LogP contribution is 2.18. The second kappa shape index (κ2) is 7.97. The molecule has 0 atom stereocenters. The molecule has 0 amide bonds. The van der Waals surface area contributed by atoms with Gasteiger partial charge in [0, 0.05) is 52.0 Å². The molecule has 2 saturated heterocycles. The first-order chi connectivity index (χ1) is 12.8. The molecule has 0 aliphatic carbocycles. The summed E-state index contributed by atoms with van der Waals surface area (Å²) in [6.07, 6.45) is 1.88. The van der Waals surface area contributed by atoms with Crippen LogP contribution in [0.4, 0.5) is 11.6 Å². The van der Waals surface area contributed by atoms with Gasteiger partial charge in [0.25, 0.3) is 0 Å². The van der Waals surface area contributed by atoms with Gasteiger partial charge in [-0.15, -0.1) is 10.2 Å². The Morgan fingerprint density at radius 1 is 0.885 bits per heavy atom. The van der Waals surface area contributed by atoms with E-state index in [4.69, 9.17) is 4.74 Å². The molecule has 0 bridgehead atoms. The van der Waals surface area contributed by atoms with Gasteiger partial charge in [0.2, 0.25) is 0 Å². The molecule has 4 heterocycles. The fourth-order valence-electron chi connectivity index (χ4n) is 3.48. The number of piperazine rings is 1. The predicted octanol–water partition coefficient (Wildman–Crippen LogP) is 1.34. The molecule has 2 aromatic heterocycles. The summed E-state index contributed by atoms with van der Waals surface area (Å²) in [6.45, 7) is 10.3. The number of morpholine rings is 1. The average Bonchev–Trinajstić information content (AvgIpc) is 2.71. The van der Waals surface area contributed by atoms with E-state index in [9.17, 15) is 0 Å². The van der Waals surface area contributed by atoms with Crippen LogP contribution in [-0.4, -0.2) is 72.6 Å². The molecule has 4 rings (SSSR count). The highest BCUT2D eigenvalue weighted by Gasteiger charge is 2.20. The highest BCUT2D eigenvalue weighted by molar-refractivity contribution is 5.45. The standard InChI is InChI=1S/C19H26N6O/c1-16-3-2-6-20-17(16)15-23-7-9-24(10-8-23)18-4-5-19(22-21-18)25-11-13-26-14-12-25/h2-6H,7-15H2,1H3. The normalized spacial score (nSPS) is 19.0. The van der Waals surface area contributed by atoms with Crippen LogP contribution in [0.2, 0.25) is 0 Å². The van der Waals surface area contributed by atoms with E-state index in [1.165, 1.54) is 11.3 Å². The zero-order chi connectivity index (χ0) is 17.8. The second-order valence-electron chi connectivity index (χ2n) is 6.88. The second-order valence-corrected chi connectivity index (χ2v) is 6.88. The van der Waals surface area contributed by atoms with Crippen molar-refractivity contribution in [2.24, 2.45) is 0 Å². The molecule has 0 unspecified atom stereocenters. The van der Waals surface area contributed by atoms with E-state index in [-0.39, 0.29) is 0 Å². The summed E-state index contributed by atoms with van der Waals surface area (Å²) in [5.41, 5.74) is 2.44. The number of hydrogen-bond acceptors (Lipinski definition) is 7. The lowest BCUT2D eigenvalue weighted by atomic mass is 10.2. The van der Waals surface area contributed by atoms with E-state index in [1.54, 1.807) is 0 Å². The van der Waals surface area contributed by atoms with Gasteiger partial charge < -0.3 is 14.5 Å². The van der Waals surface area contributed by atoms with Crippen molar-refractivity contribution in [2.75, 3.05) is 62.3 Å². The van der Waals surface area contributed by atoms with Crippen LogP contribution in [0.1, 0.15) is 11.3 Å². The summed E-state index contributed by atoms with van der Waals surface area (Å²) in [7, 11) is 0. The van der Waals surface area contributed by atoms with Crippen molar-refractivity contribution in [1.82, 2.24) is 20.1 Å². The lowest BCUT2D eigenvalue weighted by Gasteiger charge is -2.35. The lowest BCUT2D eigenvalue weighted by molar-refractivity contribution is 0.122. The minimum atomic E-state index is 0.765. The van der Waals surface area contributed by atoms with E-state index in [0.29, 0.717) is 0 Å². The van der Waals surface area contributed by atoms with Crippen LogP contribution >= 0.6 is 0 Å². The van der Waals surface area contributed by atoms with Crippen LogP contribution in [0.5, 0.6) is 0 Å². The number of ether oxygens (including phenoxy) is 1. The molecular weight excluding hydrogens is 328 g/mol. The number of aromatic nitrogens is 3. The third-order valence-electron chi connectivity index (χ3n) is 5.16.